The second kappa shape index (κ2) is 10.4. The number of hydrogen-bond donors (Lipinski definition) is 1. The summed E-state index contributed by atoms with van der Waals surface area (Å²) < 4.78 is 11.0. The summed E-state index contributed by atoms with van der Waals surface area (Å²) in [5.74, 6) is 0.816. The number of allylic oxidation sites excluding steroid dienone is 3. The van der Waals surface area contributed by atoms with Gasteiger partial charge >= 0.3 is 0 Å². The average molecular weight is 344 g/mol. The zero-order valence-electron chi connectivity index (χ0n) is 15.3. The van der Waals surface area contributed by atoms with Gasteiger partial charge in [-0.15, -0.1) is 0 Å². The fraction of sp³-hybridized carbons (Fsp3) is 0.421. The molecule has 1 aromatic carbocycles. The van der Waals surface area contributed by atoms with Gasteiger partial charge in [-0.2, -0.15) is 5.10 Å². The van der Waals surface area contributed by atoms with E-state index in [0.29, 0.717) is 0 Å². The molecule has 0 spiro atoms. The monoisotopic (exact) mass is 344 g/mol. The van der Waals surface area contributed by atoms with Crippen molar-refractivity contribution in [2.24, 2.45) is 5.10 Å². The number of ether oxygens (including phenoxy) is 2. The first kappa shape index (κ1) is 18.9. The van der Waals surface area contributed by atoms with Crippen molar-refractivity contribution in [3.8, 4) is 5.75 Å². The van der Waals surface area contributed by atoms with Gasteiger partial charge in [0.1, 0.15) is 11.4 Å². The van der Waals surface area contributed by atoms with E-state index in [1.807, 2.05) is 55.8 Å². The van der Waals surface area contributed by atoms with Crippen LogP contribution in [0.2, 0.25) is 0 Å². The Labute approximate surface area is 150 Å². The van der Waals surface area contributed by atoms with E-state index in [1.165, 1.54) is 0 Å². The fourth-order valence-corrected chi connectivity index (χ4v) is 2.55. The van der Waals surface area contributed by atoms with E-state index >= 15 is 0 Å². The summed E-state index contributed by atoms with van der Waals surface area (Å²) in [4.78, 5) is 2.31. The highest BCUT2D eigenvalue weighted by molar-refractivity contribution is 5.68. The minimum atomic E-state index is 0.769. The molecule has 136 valence electrons. The number of methoxy groups -OCH3 is 1. The van der Waals surface area contributed by atoms with Crippen molar-refractivity contribution in [3.63, 3.8) is 0 Å². The van der Waals surface area contributed by atoms with Crippen LogP contribution in [-0.2, 0) is 4.74 Å². The van der Waals surface area contributed by atoms with E-state index in [0.717, 1.165) is 49.8 Å². The molecule has 1 saturated heterocycles. The maximum atomic E-state index is 5.57. The first-order valence-electron chi connectivity index (χ1n) is 8.52. The topological polar surface area (TPSA) is 49.3 Å². The van der Waals surface area contributed by atoms with Crippen LogP contribution in [0.5, 0.6) is 5.75 Å². The van der Waals surface area contributed by atoms with E-state index in [1.54, 1.807) is 7.11 Å². The molecule has 0 amide bonds. The zero-order valence-corrected chi connectivity index (χ0v) is 15.3. The molecule has 0 aliphatic carbocycles. The third kappa shape index (κ3) is 5.83. The molecule has 1 N–H and O–H groups in total. The van der Waals surface area contributed by atoms with Crippen LogP contribution >= 0.6 is 0 Å². The second-order valence-electron chi connectivity index (χ2n) is 5.59. The van der Waals surface area contributed by atoms with Crippen LogP contribution in [0.3, 0.4) is 0 Å². The molecule has 25 heavy (non-hydrogen) atoms. The summed E-state index contributed by atoms with van der Waals surface area (Å²) in [5.41, 5.74) is 2.09. The second-order valence-corrected chi connectivity index (χ2v) is 5.59. The molecule has 1 aromatic rings. The maximum Gasteiger partial charge on any atom is 0.146 e. The Kier molecular flexibility index (Phi) is 7.85. The molecule has 0 unspecified atom stereocenters. The average Bonchev–Trinajstić information content (AvgIpc) is 2.67. The first-order valence-corrected chi connectivity index (χ1v) is 8.52. The number of nitrogens with one attached hydrogen (secondary N) is 1. The van der Waals surface area contributed by atoms with Crippen molar-refractivity contribution in [3.05, 3.63) is 42.6 Å². The molecule has 1 aliphatic heterocycles. The third-order valence-corrected chi connectivity index (χ3v) is 3.89. The van der Waals surface area contributed by atoms with Crippen LogP contribution in [0.15, 0.2) is 47.7 Å². The van der Waals surface area contributed by atoms with E-state index in [4.69, 9.17) is 9.47 Å². The van der Waals surface area contributed by atoms with Gasteiger partial charge in [-0.25, -0.2) is 0 Å². The summed E-state index contributed by atoms with van der Waals surface area (Å²) >= 11 is 0. The number of anilines is 2. The highest BCUT2D eigenvalue weighted by Gasteiger charge is 2.14. The van der Waals surface area contributed by atoms with Gasteiger partial charge in [-0.1, -0.05) is 12.2 Å². The van der Waals surface area contributed by atoms with E-state index in [-0.39, 0.29) is 0 Å². The van der Waals surface area contributed by atoms with Crippen molar-refractivity contribution in [2.75, 3.05) is 57.4 Å². The molecule has 0 aromatic heterocycles. The Balaban J connectivity index is 1.99. The molecule has 1 fully saturated rings. The molecule has 0 bridgehead atoms. The summed E-state index contributed by atoms with van der Waals surface area (Å²) in [6.07, 6.45) is 10.5. The van der Waals surface area contributed by atoms with Gasteiger partial charge < -0.3 is 19.7 Å². The van der Waals surface area contributed by atoms with Gasteiger partial charge in [0.15, 0.2) is 0 Å². The summed E-state index contributed by atoms with van der Waals surface area (Å²) in [6.45, 7) is 3.35. The molecule has 0 radical (unpaired) electrons. The van der Waals surface area contributed by atoms with Crippen molar-refractivity contribution >= 4 is 17.6 Å². The van der Waals surface area contributed by atoms with Gasteiger partial charge in [0.05, 0.1) is 20.3 Å². The predicted molar refractivity (Wildman–Crippen MR) is 105 cm³/mol. The Morgan fingerprint density at radius 3 is 2.84 bits per heavy atom. The predicted octanol–water partition coefficient (Wildman–Crippen LogP) is 2.63. The van der Waals surface area contributed by atoms with Gasteiger partial charge in [0.2, 0.25) is 0 Å². The molecule has 2 rings (SSSR count). The zero-order chi connectivity index (χ0) is 17.9. The molecular formula is C19H28N4O2. The fourth-order valence-electron chi connectivity index (χ4n) is 2.55. The maximum absolute atomic E-state index is 5.57. The van der Waals surface area contributed by atoms with Gasteiger partial charge in [-0.3, -0.25) is 5.01 Å². The van der Waals surface area contributed by atoms with E-state index < -0.39 is 0 Å². The van der Waals surface area contributed by atoms with Crippen molar-refractivity contribution in [2.45, 2.75) is 6.42 Å². The standard InChI is InChI=1S/C19H28N4O2/c1-20-10-6-4-5-7-11-21-22(2)18-9-8-17(16-19(18)24-3)23-12-14-25-15-13-23/h4-6,8-11,16,20H,7,12-15H2,1-3H3/b5-4-,10-6-,21-11+. The van der Waals surface area contributed by atoms with E-state index in [2.05, 4.69) is 27.5 Å². The van der Waals surface area contributed by atoms with Crippen LogP contribution in [0.4, 0.5) is 11.4 Å². The van der Waals surface area contributed by atoms with Gasteiger partial charge in [0, 0.05) is 51.6 Å². The van der Waals surface area contributed by atoms with Crippen molar-refractivity contribution < 1.29 is 9.47 Å². The Hall–Kier alpha value is -2.47. The van der Waals surface area contributed by atoms with Crippen LogP contribution in [-0.4, -0.2) is 53.7 Å². The summed E-state index contributed by atoms with van der Waals surface area (Å²) in [6, 6.07) is 6.22. The van der Waals surface area contributed by atoms with Crippen LogP contribution in [0.1, 0.15) is 6.42 Å². The lowest BCUT2D eigenvalue weighted by Gasteiger charge is -2.29. The Morgan fingerprint density at radius 2 is 2.12 bits per heavy atom. The Morgan fingerprint density at radius 1 is 1.32 bits per heavy atom. The lowest BCUT2D eigenvalue weighted by atomic mass is 10.2. The number of nitrogens with zero attached hydrogens (tertiary/aromatic N) is 3. The van der Waals surface area contributed by atoms with Gasteiger partial charge in [0.25, 0.3) is 0 Å². The number of hydrazone groups is 1. The first-order chi connectivity index (χ1) is 12.3. The number of morpholine rings is 1. The van der Waals surface area contributed by atoms with E-state index in [9.17, 15) is 0 Å². The molecular weight excluding hydrogens is 316 g/mol. The molecule has 1 aliphatic rings. The Bertz CT molecular complexity index is 607. The van der Waals surface area contributed by atoms with Crippen LogP contribution in [0.25, 0.3) is 0 Å². The largest absolute Gasteiger partial charge is 0.494 e. The molecule has 0 saturated carbocycles. The number of hydrogen-bond acceptors (Lipinski definition) is 6. The smallest absolute Gasteiger partial charge is 0.146 e. The van der Waals surface area contributed by atoms with Gasteiger partial charge in [-0.05, 0) is 24.4 Å². The highest BCUT2D eigenvalue weighted by Crippen LogP contribution is 2.32. The summed E-state index contributed by atoms with van der Waals surface area (Å²) in [5, 5.41) is 9.24. The van der Waals surface area contributed by atoms with Crippen molar-refractivity contribution in [1.29, 1.82) is 0 Å². The normalized spacial score (nSPS) is 15.4. The third-order valence-electron chi connectivity index (χ3n) is 3.89. The molecule has 6 heteroatoms. The number of rotatable bonds is 8. The number of benzene rings is 1. The van der Waals surface area contributed by atoms with Crippen LogP contribution in [0, 0.1) is 0 Å². The molecule has 6 nitrogen and oxygen atoms in total. The SMILES string of the molecule is CN/C=C\C=C/C/C=N/N(C)c1ccc(N2CCOCC2)cc1OC. The van der Waals surface area contributed by atoms with Crippen LogP contribution < -0.4 is 20.0 Å². The minimum Gasteiger partial charge on any atom is -0.494 e. The quantitative estimate of drug-likeness (QED) is 0.446. The molecule has 1 heterocycles. The highest BCUT2D eigenvalue weighted by atomic mass is 16.5. The van der Waals surface area contributed by atoms with Crippen molar-refractivity contribution in [1.82, 2.24) is 5.32 Å². The molecule has 0 atom stereocenters. The lowest BCUT2D eigenvalue weighted by Crippen LogP contribution is -2.36. The lowest BCUT2D eigenvalue weighted by molar-refractivity contribution is 0.122. The summed E-state index contributed by atoms with van der Waals surface area (Å²) in [7, 11) is 5.49. The minimum absolute atomic E-state index is 0.769.